The third kappa shape index (κ3) is 2.82. The molecule has 1 aliphatic rings. The van der Waals surface area contributed by atoms with E-state index in [1.807, 2.05) is 12.3 Å². The average Bonchev–Trinajstić information content (AvgIpc) is 3.12. The summed E-state index contributed by atoms with van der Waals surface area (Å²) < 4.78 is 0. The molecule has 6 heteroatoms. The van der Waals surface area contributed by atoms with E-state index in [9.17, 15) is 0 Å². The minimum absolute atomic E-state index is 0.376. The molecule has 0 unspecified atom stereocenters. The van der Waals surface area contributed by atoms with E-state index in [-0.39, 0.29) is 0 Å². The van der Waals surface area contributed by atoms with Gasteiger partial charge in [0.1, 0.15) is 5.82 Å². The molecule has 0 amide bonds. The van der Waals surface area contributed by atoms with Crippen LogP contribution >= 0.6 is 0 Å². The van der Waals surface area contributed by atoms with Crippen molar-refractivity contribution >= 4 is 11.8 Å². The molecule has 3 aromatic rings. The molecule has 1 aliphatic heterocycles. The van der Waals surface area contributed by atoms with Crippen LogP contribution in [-0.4, -0.2) is 33.3 Å². The van der Waals surface area contributed by atoms with Crippen molar-refractivity contribution in [2.75, 3.05) is 23.7 Å². The molecule has 0 bridgehead atoms. The van der Waals surface area contributed by atoms with Crippen LogP contribution in [0.3, 0.4) is 0 Å². The van der Waals surface area contributed by atoms with E-state index in [0.717, 1.165) is 25.9 Å². The first-order valence-corrected chi connectivity index (χ1v) is 8.23. The highest BCUT2D eigenvalue weighted by Crippen LogP contribution is 2.33. The molecule has 1 aromatic carbocycles. The largest absolute Gasteiger partial charge is 0.384 e. The van der Waals surface area contributed by atoms with Crippen molar-refractivity contribution < 1.29 is 0 Å². The summed E-state index contributed by atoms with van der Waals surface area (Å²) in [6.45, 7) is 1.82. The standard InChI is InChI=1S/C18H20N6/c19-16-8-9-20-18(22-16)24-10-4-7-14(12-24)17-15(11-21-23-17)13-5-2-1-3-6-13/h1-3,5-6,8-9,11,14H,4,7,10,12H2,(H,21,23)(H2,19,20,22)/t14-/m1/s1. The lowest BCUT2D eigenvalue weighted by Gasteiger charge is -2.32. The second kappa shape index (κ2) is 6.31. The Morgan fingerprint density at radius 1 is 1.17 bits per heavy atom. The van der Waals surface area contributed by atoms with E-state index in [1.165, 1.54) is 16.8 Å². The van der Waals surface area contributed by atoms with Gasteiger partial charge in [-0.15, -0.1) is 0 Å². The lowest BCUT2D eigenvalue weighted by molar-refractivity contribution is 0.495. The Kier molecular flexibility index (Phi) is 3.86. The summed E-state index contributed by atoms with van der Waals surface area (Å²) in [5, 5.41) is 7.51. The number of aromatic amines is 1. The highest BCUT2D eigenvalue weighted by Gasteiger charge is 2.26. The van der Waals surface area contributed by atoms with Crippen LogP contribution in [-0.2, 0) is 0 Å². The van der Waals surface area contributed by atoms with Gasteiger partial charge in [0, 0.05) is 36.5 Å². The van der Waals surface area contributed by atoms with Gasteiger partial charge < -0.3 is 10.6 Å². The van der Waals surface area contributed by atoms with Crippen LogP contribution in [0.5, 0.6) is 0 Å². The molecule has 3 heterocycles. The van der Waals surface area contributed by atoms with E-state index >= 15 is 0 Å². The molecule has 0 radical (unpaired) electrons. The third-order valence-electron chi connectivity index (χ3n) is 4.53. The summed E-state index contributed by atoms with van der Waals surface area (Å²) >= 11 is 0. The van der Waals surface area contributed by atoms with Crippen molar-refractivity contribution in [3.8, 4) is 11.1 Å². The molecule has 3 N–H and O–H groups in total. The van der Waals surface area contributed by atoms with Gasteiger partial charge in [-0.05, 0) is 24.5 Å². The fraction of sp³-hybridized carbons (Fsp3) is 0.278. The van der Waals surface area contributed by atoms with Crippen molar-refractivity contribution in [1.29, 1.82) is 0 Å². The van der Waals surface area contributed by atoms with Gasteiger partial charge in [0.05, 0.1) is 6.20 Å². The van der Waals surface area contributed by atoms with Crippen molar-refractivity contribution in [2.24, 2.45) is 0 Å². The second-order valence-corrected chi connectivity index (χ2v) is 6.13. The summed E-state index contributed by atoms with van der Waals surface area (Å²) in [6.07, 6.45) is 5.85. The van der Waals surface area contributed by atoms with Crippen LogP contribution < -0.4 is 10.6 Å². The first kappa shape index (κ1) is 14.7. The third-order valence-corrected chi connectivity index (χ3v) is 4.53. The fourth-order valence-electron chi connectivity index (χ4n) is 3.36. The van der Waals surface area contributed by atoms with Crippen molar-refractivity contribution in [3.63, 3.8) is 0 Å². The van der Waals surface area contributed by atoms with E-state index < -0.39 is 0 Å². The number of hydrogen-bond donors (Lipinski definition) is 2. The monoisotopic (exact) mass is 320 g/mol. The van der Waals surface area contributed by atoms with Crippen LogP contribution in [0.15, 0.2) is 48.8 Å². The van der Waals surface area contributed by atoms with Crippen LogP contribution in [0.4, 0.5) is 11.8 Å². The highest BCUT2D eigenvalue weighted by molar-refractivity contribution is 5.66. The zero-order chi connectivity index (χ0) is 16.4. The number of rotatable bonds is 3. The van der Waals surface area contributed by atoms with Gasteiger partial charge in [0.15, 0.2) is 0 Å². The van der Waals surface area contributed by atoms with E-state index in [1.54, 1.807) is 12.3 Å². The molecule has 0 spiro atoms. The zero-order valence-electron chi connectivity index (χ0n) is 13.4. The first-order valence-electron chi connectivity index (χ1n) is 8.23. The number of anilines is 2. The Labute approximate surface area is 140 Å². The number of nitrogens with zero attached hydrogens (tertiary/aromatic N) is 4. The molecule has 1 atom stereocenters. The number of piperidine rings is 1. The number of benzene rings is 1. The summed E-state index contributed by atoms with van der Waals surface area (Å²) in [5.41, 5.74) is 9.36. The number of H-pyrrole nitrogens is 1. The lowest BCUT2D eigenvalue weighted by Crippen LogP contribution is -2.36. The minimum atomic E-state index is 0.376. The topological polar surface area (TPSA) is 83.7 Å². The molecule has 4 rings (SSSR count). The Morgan fingerprint density at radius 3 is 2.88 bits per heavy atom. The van der Waals surface area contributed by atoms with Gasteiger partial charge in [-0.2, -0.15) is 10.1 Å². The molecule has 0 saturated carbocycles. The highest BCUT2D eigenvalue weighted by atomic mass is 15.3. The van der Waals surface area contributed by atoms with Gasteiger partial charge in [-0.25, -0.2) is 4.98 Å². The maximum atomic E-state index is 5.80. The number of nitrogens with one attached hydrogen (secondary N) is 1. The maximum Gasteiger partial charge on any atom is 0.227 e. The zero-order valence-corrected chi connectivity index (χ0v) is 13.4. The summed E-state index contributed by atoms with van der Waals surface area (Å²) in [7, 11) is 0. The lowest BCUT2D eigenvalue weighted by atomic mass is 9.91. The predicted molar refractivity (Wildman–Crippen MR) is 94.7 cm³/mol. The second-order valence-electron chi connectivity index (χ2n) is 6.13. The molecule has 122 valence electrons. The Morgan fingerprint density at radius 2 is 2.04 bits per heavy atom. The molecular weight excluding hydrogens is 300 g/mol. The molecule has 24 heavy (non-hydrogen) atoms. The van der Waals surface area contributed by atoms with Crippen molar-refractivity contribution in [1.82, 2.24) is 20.2 Å². The van der Waals surface area contributed by atoms with Crippen LogP contribution in [0.1, 0.15) is 24.5 Å². The average molecular weight is 320 g/mol. The fourth-order valence-corrected chi connectivity index (χ4v) is 3.36. The molecule has 2 aromatic heterocycles. The summed E-state index contributed by atoms with van der Waals surface area (Å²) in [5.74, 6) is 1.59. The maximum absolute atomic E-state index is 5.80. The van der Waals surface area contributed by atoms with E-state index in [4.69, 9.17) is 5.73 Å². The van der Waals surface area contributed by atoms with Gasteiger partial charge in [0.2, 0.25) is 5.95 Å². The Bertz CT molecular complexity index is 813. The predicted octanol–water partition coefficient (Wildman–Crippen LogP) is 2.83. The van der Waals surface area contributed by atoms with Gasteiger partial charge in [-0.1, -0.05) is 30.3 Å². The summed E-state index contributed by atoms with van der Waals surface area (Å²) in [4.78, 5) is 10.9. The van der Waals surface area contributed by atoms with Gasteiger partial charge >= 0.3 is 0 Å². The van der Waals surface area contributed by atoms with Crippen LogP contribution in [0.2, 0.25) is 0 Å². The summed E-state index contributed by atoms with van der Waals surface area (Å²) in [6, 6.07) is 12.1. The molecule has 1 saturated heterocycles. The van der Waals surface area contributed by atoms with Crippen LogP contribution in [0, 0.1) is 0 Å². The van der Waals surface area contributed by atoms with E-state index in [0.29, 0.717) is 17.7 Å². The van der Waals surface area contributed by atoms with E-state index in [2.05, 4.69) is 49.3 Å². The Hall–Kier alpha value is -2.89. The van der Waals surface area contributed by atoms with Crippen molar-refractivity contribution in [3.05, 3.63) is 54.5 Å². The van der Waals surface area contributed by atoms with Gasteiger partial charge in [-0.3, -0.25) is 5.10 Å². The number of nitrogen functional groups attached to an aromatic ring is 1. The number of nitrogens with two attached hydrogens (primary N) is 1. The van der Waals surface area contributed by atoms with Crippen molar-refractivity contribution in [2.45, 2.75) is 18.8 Å². The SMILES string of the molecule is Nc1ccnc(N2CCC[C@@H](c3[nH]ncc3-c3ccccc3)C2)n1. The first-order chi connectivity index (χ1) is 11.8. The number of aromatic nitrogens is 4. The Balaban J connectivity index is 1.60. The molecule has 1 fully saturated rings. The molecule has 0 aliphatic carbocycles. The van der Waals surface area contributed by atoms with Gasteiger partial charge in [0.25, 0.3) is 0 Å². The number of hydrogen-bond acceptors (Lipinski definition) is 5. The quantitative estimate of drug-likeness (QED) is 0.775. The minimum Gasteiger partial charge on any atom is -0.384 e. The molecule has 6 nitrogen and oxygen atoms in total. The normalized spacial score (nSPS) is 17.8. The smallest absolute Gasteiger partial charge is 0.227 e. The molecular formula is C18H20N6. The van der Waals surface area contributed by atoms with Crippen LogP contribution in [0.25, 0.3) is 11.1 Å².